The van der Waals surface area contributed by atoms with Crippen molar-refractivity contribution in [3.63, 3.8) is 0 Å². The summed E-state index contributed by atoms with van der Waals surface area (Å²) in [6.45, 7) is 9.79. The Labute approximate surface area is 170 Å². The minimum atomic E-state index is -0.000508. The van der Waals surface area contributed by atoms with Crippen LogP contribution < -0.4 is 10.2 Å². The average Bonchev–Trinajstić information content (AvgIpc) is 3.19. The molecule has 1 fully saturated rings. The van der Waals surface area contributed by atoms with Gasteiger partial charge in [-0.25, -0.2) is 4.98 Å². The van der Waals surface area contributed by atoms with Crippen molar-refractivity contribution in [1.29, 1.82) is 0 Å². The van der Waals surface area contributed by atoms with Crippen molar-refractivity contribution in [2.45, 2.75) is 13.8 Å². The molecule has 1 aliphatic heterocycles. The van der Waals surface area contributed by atoms with E-state index in [0.717, 1.165) is 43.4 Å². The van der Waals surface area contributed by atoms with E-state index in [1.165, 1.54) is 15.8 Å². The lowest BCUT2D eigenvalue weighted by molar-refractivity contribution is 0.0948. The lowest BCUT2D eigenvalue weighted by atomic mass is 10.1. The van der Waals surface area contributed by atoms with Gasteiger partial charge in [-0.15, -0.1) is 0 Å². The molecule has 0 bridgehead atoms. The predicted molar refractivity (Wildman–Crippen MR) is 117 cm³/mol. The molecular weight excluding hydrogens is 368 g/mol. The first-order valence-electron chi connectivity index (χ1n) is 9.79. The van der Waals surface area contributed by atoms with E-state index in [0.29, 0.717) is 12.1 Å². The topological polar surface area (TPSA) is 48.5 Å². The molecule has 4 rings (SSSR count). The van der Waals surface area contributed by atoms with E-state index >= 15 is 0 Å². The number of hydrogen-bond acceptors (Lipinski definition) is 5. The molecule has 0 spiro atoms. The third-order valence-electron chi connectivity index (χ3n) is 5.32. The molecule has 5 nitrogen and oxygen atoms in total. The van der Waals surface area contributed by atoms with Crippen LogP contribution in [0.2, 0.25) is 0 Å². The molecule has 0 unspecified atom stereocenters. The van der Waals surface area contributed by atoms with Crippen molar-refractivity contribution in [3.8, 4) is 0 Å². The molecule has 0 saturated carbocycles. The number of hydrogen-bond donors (Lipinski definition) is 1. The number of benzene rings is 2. The average molecular weight is 395 g/mol. The monoisotopic (exact) mass is 394 g/mol. The highest BCUT2D eigenvalue weighted by Crippen LogP contribution is 2.33. The van der Waals surface area contributed by atoms with Crippen molar-refractivity contribution in [2.75, 3.05) is 44.2 Å². The summed E-state index contributed by atoms with van der Waals surface area (Å²) in [6, 6.07) is 13.7. The third kappa shape index (κ3) is 4.03. The van der Waals surface area contributed by atoms with Crippen LogP contribution in [-0.4, -0.2) is 55.1 Å². The number of amides is 1. The summed E-state index contributed by atoms with van der Waals surface area (Å²) >= 11 is 1.80. The summed E-state index contributed by atoms with van der Waals surface area (Å²) in [6.07, 6.45) is 0. The molecule has 1 aliphatic rings. The number of fused-ring (bicyclic) bond motifs is 1. The van der Waals surface area contributed by atoms with E-state index < -0.39 is 0 Å². The quantitative estimate of drug-likeness (QED) is 0.720. The second-order valence-electron chi connectivity index (χ2n) is 7.32. The molecule has 28 heavy (non-hydrogen) atoms. The second kappa shape index (κ2) is 8.29. The summed E-state index contributed by atoms with van der Waals surface area (Å²) in [5.41, 5.74) is 4.41. The molecule has 146 valence electrons. The Morgan fingerprint density at radius 1 is 1.04 bits per heavy atom. The Kier molecular flexibility index (Phi) is 5.59. The van der Waals surface area contributed by atoms with E-state index in [9.17, 15) is 4.79 Å². The number of carbonyl (C=O) groups excluding carboxylic acids is 1. The standard InChI is InChI=1S/C22H26N4OS/c1-16-8-9-17(2)20-19(16)24-22(28-20)26-14-12-25(13-15-26)11-10-23-21(27)18-6-4-3-5-7-18/h3-9H,10-15H2,1-2H3,(H,23,27). The number of piperazine rings is 1. The molecule has 1 saturated heterocycles. The van der Waals surface area contributed by atoms with Gasteiger partial charge in [0.1, 0.15) is 0 Å². The molecule has 0 atom stereocenters. The molecule has 2 heterocycles. The lowest BCUT2D eigenvalue weighted by Crippen LogP contribution is -2.48. The molecule has 3 aromatic rings. The number of thiazole rings is 1. The number of carbonyl (C=O) groups is 1. The minimum absolute atomic E-state index is 0.000508. The van der Waals surface area contributed by atoms with Gasteiger partial charge in [-0.05, 0) is 37.1 Å². The molecule has 1 N–H and O–H groups in total. The fraction of sp³-hybridized carbons (Fsp3) is 0.364. The zero-order chi connectivity index (χ0) is 19.5. The van der Waals surface area contributed by atoms with Gasteiger partial charge in [-0.2, -0.15) is 0 Å². The highest BCUT2D eigenvalue weighted by Gasteiger charge is 2.20. The van der Waals surface area contributed by atoms with Gasteiger partial charge in [0, 0.05) is 44.8 Å². The van der Waals surface area contributed by atoms with Crippen molar-refractivity contribution < 1.29 is 4.79 Å². The molecule has 6 heteroatoms. The third-order valence-corrected chi connectivity index (χ3v) is 6.57. The van der Waals surface area contributed by atoms with Gasteiger partial charge >= 0.3 is 0 Å². The van der Waals surface area contributed by atoms with Crippen LogP contribution in [0.15, 0.2) is 42.5 Å². The Morgan fingerprint density at radius 2 is 1.75 bits per heavy atom. The Bertz CT molecular complexity index is 922. The van der Waals surface area contributed by atoms with Crippen molar-refractivity contribution in [1.82, 2.24) is 15.2 Å². The van der Waals surface area contributed by atoms with Crippen LogP contribution in [0.1, 0.15) is 21.5 Å². The van der Waals surface area contributed by atoms with E-state index in [1.807, 2.05) is 30.3 Å². The summed E-state index contributed by atoms with van der Waals surface area (Å²) < 4.78 is 1.31. The summed E-state index contributed by atoms with van der Waals surface area (Å²) in [5, 5.41) is 4.14. The summed E-state index contributed by atoms with van der Waals surface area (Å²) in [5.74, 6) is -0.000508. The highest BCUT2D eigenvalue weighted by atomic mass is 32.1. The molecule has 0 radical (unpaired) electrons. The number of nitrogens with one attached hydrogen (secondary N) is 1. The zero-order valence-electron chi connectivity index (χ0n) is 16.4. The number of aromatic nitrogens is 1. The number of rotatable bonds is 5. The summed E-state index contributed by atoms with van der Waals surface area (Å²) in [4.78, 5) is 21.8. The number of nitrogens with zero attached hydrogens (tertiary/aromatic N) is 3. The largest absolute Gasteiger partial charge is 0.351 e. The predicted octanol–water partition coefficient (Wildman–Crippen LogP) is 3.47. The van der Waals surface area contributed by atoms with Crippen LogP contribution in [0.3, 0.4) is 0 Å². The molecular formula is C22H26N4OS. The van der Waals surface area contributed by atoms with Gasteiger partial charge in [0.25, 0.3) is 5.91 Å². The van der Waals surface area contributed by atoms with Crippen LogP contribution >= 0.6 is 11.3 Å². The van der Waals surface area contributed by atoms with Crippen LogP contribution in [0.4, 0.5) is 5.13 Å². The SMILES string of the molecule is Cc1ccc(C)c2sc(N3CCN(CCNC(=O)c4ccccc4)CC3)nc12. The first-order valence-corrected chi connectivity index (χ1v) is 10.6. The molecule has 1 amide bonds. The minimum Gasteiger partial charge on any atom is -0.351 e. The molecule has 1 aromatic heterocycles. The maximum absolute atomic E-state index is 12.1. The Balaban J connectivity index is 1.28. The smallest absolute Gasteiger partial charge is 0.251 e. The van der Waals surface area contributed by atoms with E-state index in [1.54, 1.807) is 11.3 Å². The van der Waals surface area contributed by atoms with E-state index in [2.05, 4.69) is 41.1 Å². The Hall–Kier alpha value is -2.44. The van der Waals surface area contributed by atoms with Crippen LogP contribution in [0.25, 0.3) is 10.2 Å². The van der Waals surface area contributed by atoms with Crippen molar-refractivity contribution in [3.05, 3.63) is 59.2 Å². The first-order chi connectivity index (χ1) is 13.6. The zero-order valence-corrected chi connectivity index (χ0v) is 17.3. The number of aryl methyl sites for hydroxylation is 2. The van der Waals surface area contributed by atoms with Crippen LogP contribution in [0, 0.1) is 13.8 Å². The first kappa shape index (κ1) is 18.9. The fourth-order valence-corrected chi connectivity index (χ4v) is 4.73. The Morgan fingerprint density at radius 3 is 2.46 bits per heavy atom. The van der Waals surface area contributed by atoms with E-state index in [-0.39, 0.29) is 5.91 Å². The van der Waals surface area contributed by atoms with Gasteiger partial charge in [0.15, 0.2) is 5.13 Å². The second-order valence-corrected chi connectivity index (χ2v) is 8.30. The van der Waals surface area contributed by atoms with Crippen molar-refractivity contribution >= 4 is 32.6 Å². The lowest BCUT2D eigenvalue weighted by Gasteiger charge is -2.34. The van der Waals surface area contributed by atoms with Gasteiger partial charge in [-0.3, -0.25) is 9.69 Å². The molecule has 2 aromatic carbocycles. The van der Waals surface area contributed by atoms with Crippen LogP contribution in [-0.2, 0) is 0 Å². The maximum atomic E-state index is 12.1. The normalized spacial score (nSPS) is 15.1. The maximum Gasteiger partial charge on any atom is 0.251 e. The fourth-order valence-electron chi connectivity index (χ4n) is 3.57. The summed E-state index contributed by atoms with van der Waals surface area (Å²) in [7, 11) is 0. The van der Waals surface area contributed by atoms with Gasteiger partial charge < -0.3 is 10.2 Å². The molecule has 0 aliphatic carbocycles. The van der Waals surface area contributed by atoms with Gasteiger partial charge in [0.2, 0.25) is 0 Å². The van der Waals surface area contributed by atoms with E-state index in [4.69, 9.17) is 4.98 Å². The highest BCUT2D eigenvalue weighted by molar-refractivity contribution is 7.22. The van der Waals surface area contributed by atoms with Gasteiger partial charge in [-0.1, -0.05) is 41.7 Å². The van der Waals surface area contributed by atoms with Crippen molar-refractivity contribution in [2.24, 2.45) is 0 Å². The number of anilines is 1. The van der Waals surface area contributed by atoms with Crippen LogP contribution in [0.5, 0.6) is 0 Å². The van der Waals surface area contributed by atoms with Gasteiger partial charge in [0.05, 0.1) is 10.2 Å².